The van der Waals surface area contributed by atoms with Crippen molar-refractivity contribution in [3.8, 4) is 22.8 Å². The second kappa shape index (κ2) is 8.13. The van der Waals surface area contributed by atoms with E-state index in [9.17, 15) is 14.9 Å². The molecule has 2 aromatic carbocycles. The number of amides is 1. The molecule has 11 heteroatoms. The van der Waals surface area contributed by atoms with Crippen molar-refractivity contribution in [1.82, 2.24) is 19.9 Å². The Hall–Kier alpha value is -4.05. The molecule has 0 saturated carbocycles. The van der Waals surface area contributed by atoms with Gasteiger partial charge >= 0.3 is 5.69 Å². The van der Waals surface area contributed by atoms with Gasteiger partial charge in [0.15, 0.2) is 0 Å². The molecule has 30 heavy (non-hydrogen) atoms. The van der Waals surface area contributed by atoms with Crippen LogP contribution in [-0.2, 0) is 11.3 Å². The number of aromatic nitrogens is 4. The minimum Gasteiger partial charge on any atom is -0.334 e. The zero-order valence-electron chi connectivity index (χ0n) is 15.2. The summed E-state index contributed by atoms with van der Waals surface area (Å²) in [5, 5.41) is 21.7. The Kier molecular flexibility index (Phi) is 5.22. The van der Waals surface area contributed by atoms with Crippen LogP contribution < -0.4 is 5.32 Å². The van der Waals surface area contributed by atoms with E-state index in [1.165, 1.54) is 10.9 Å². The SMILES string of the molecule is O=C(Cn1cc([N+](=O)[O-])cn1)Nc1ccc(-c2noc(-c3ccc(Cl)cc3)n2)cc1. The fourth-order valence-corrected chi connectivity index (χ4v) is 2.76. The highest BCUT2D eigenvalue weighted by Crippen LogP contribution is 2.24. The van der Waals surface area contributed by atoms with Crippen molar-refractivity contribution >= 4 is 28.9 Å². The first-order valence-corrected chi connectivity index (χ1v) is 9.02. The fraction of sp³-hybridized carbons (Fsp3) is 0.0526. The molecule has 2 aromatic heterocycles. The normalized spacial score (nSPS) is 10.7. The molecule has 0 radical (unpaired) electrons. The third-order valence-corrected chi connectivity index (χ3v) is 4.33. The molecule has 0 unspecified atom stereocenters. The average molecular weight is 425 g/mol. The number of halogens is 1. The number of hydrogen-bond donors (Lipinski definition) is 1. The van der Waals surface area contributed by atoms with Crippen molar-refractivity contribution in [3.05, 3.63) is 76.1 Å². The van der Waals surface area contributed by atoms with Crippen LogP contribution in [0.5, 0.6) is 0 Å². The van der Waals surface area contributed by atoms with Gasteiger partial charge in [-0.1, -0.05) is 16.8 Å². The summed E-state index contributed by atoms with van der Waals surface area (Å²) in [4.78, 5) is 26.6. The number of rotatable bonds is 6. The molecule has 0 aliphatic carbocycles. The van der Waals surface area contributed by atoms with E-state index >= 15 is 0 Å². The lowest BCUT2D eigenvalue weighted by molar-refractivity contribution is -0.385. The first-order valence-electron chi connectivity index (χ1n) is 8.65. The van der Waals surface area contributed by atoms with E-state index in [2.05, 4.69) is 20.6 Å². The molecule has 0 aliphatic heterocycles. The highest BCUT2D eigenvalue weighted by Gasteiger charge is 2.13. The summed E-state index contributed by atoms with van der Waals surface area (Å²) in [5.41, 5.74) is 1.83. The quantitative estimate of drug-likeness (QED) is 0.368. The summed E-state index contributed by atoms with van der Waals surface area (Å²) in [6.07, 6.45) is 2.28. The maximum atomic E-state index is 12.1. The molecule has 0 aliphatic rings. The average Bonchev–Trinajstić information content (AvgIpc) is 3.39. The highest BCUT2D eigenvalue weighted by molar-refractivity contribution is 6.30. The molecule has 1 N–H and O–H groups in total. The van der Waals surface area contributed by atoms with Crippen molar-refractivity contribution in [2.75, 3.05) is 5.32 Å². The summed E-state index contributed by atoms with van der Waals surface area (Å²) < 4.78 is 6.49. The predicted molar refractivity (Wildman–Crippen MR) is 108 cm³/mol. The first-order chi connectivity index (χ1) is 14.5. The van der Waals surface area contributed by atoms with Crippen LogP contribution in [0.3, 0.4) is 0 Å². The van der Waals surface area contributed by atoms with Crippen molar-refractivity contribution in [1.29, 1.82) is 0 Å². The monoisotopic (exact) mass is 424 g/mol. The van der Waals surface area contributed by atoms with Gasteiger partial charge in [0.25, 0.3) is 5.89 Å². The Bertz CT molecular complexity index is 1200. The summed E-state index contributed by atoms with van der Waals surface area (Å²) >= 11 is 5.88. The van der Waals surface area contributed by atoms with E-state index < -0.39 is 4.92 Å². The fourth-order valence-electron chi connectivity index (χ4n) is 2.63. The first kappa shape index (κ1) is 19.3. The van der Waals surface area contributed by atoms with Gasteiger partial charge in [-0.15, -0.1) is 0 Å². The topological polar surface area (TPSA) is 129 Å². The lowest BCUT2D eigenvalue weighted by Crippen LogP contribution is -2.18. The molecule has 4 rings (SSSR count). The molecule has 150 valence electrons. The van der Waals surface area contributed by atoms with Gasteiger partial charge in [-0.05, 0) is 48.5 Å². The Morgan fingerprint density at radius 2 is 1.83 bits per heavy atom. The minimum absolute atomic E-state index is 0.148. The highest BCUT2D eigenvalue weighted by atomic mass is 35.5. The van der Waals surface area contributed by atoms with Crippen molar-refractivity contribution < 1.29 is 14.2 Å². The second-order valence-electron chi connectivity index (χ2n) is 6.21. The minimum atomic E-state index is -0.573. The van der Waals surface area contributed by atoms with Crippen LogP contribution in [0.15, 0.2) is 65.4 Å². The molecule has 0 bridgehead atoms. The Balaban J connectivity index is 1.41. The van der Waals surface area contributed by atoms with Gasteiger partial charge in [0.05, 0.1) is 4.92 Å². The number of hydrogen-bond acceptors (Lipinski definition) is 7. The molecule has 0 spiro atoms. The summed E-state index contributed by atoms with van der Waals surface area (Å²) in [5.74, 6) is 0.402. The van der Waals surface area contributed by atoms with Crippen LogP contribution in [0.2, 0.25) is 5.02 Å². The molecule has 1 amide bonds. The molecule has 4 aromatic rings. The number of carbonyl (C=O) groups is 1. The Labute approximate surface area is 174 Å². The van der Waals surface area contributed by atoms with E-state index in [0.717, 1.165) is 11.8 Å². The lowest BCUT2D eigenvalue weighted by atomic mass is 10.2. The third kappa shape index (κ3) is 4.33. The molecular formula is C19H13ClN6O4. The van der Waals surface area contributed by atoms with Crippen LogP contribution in [-0.4, -0.2) is 30.8 Å². The van der Waals surface area contributed by atoms with Crippen molar-refractivity contribution in [3.63, 3.8) is 0 Å². The zero-order valence-corrected chi connectivity index (χ0v) is 16.0. The number of carbonyl (C=O) groups excluding carboxylic acids is 1. The van der Waals surface area contributed by atoms with Crippen LogP contribution in [0, 0.1) is 10.1 Å². The molecule has 0 fully saturated rings. The molecule has 0 saturated heterocycles. The smallest absolute Gasteiger partial charge is 0.307 e. The van der Waals surface area contributed by atoms with Gasteiger partial charge in [-0.3, -0.25) is 19.6 Å². The van der Waals surface area contributed by atoms with Crippen molar-refractivity contribution in [2.24, 2.45) is 0 Å². The summed E-state index contributed by atoms with van der Waals surface area (Å²) in [7, 11) is 0. The maximum Gasteiger partial charge on any atom is 0.307 e. The van der Waals surface area contributed by atoms with Gasteiger partial charge in [0, 0.05) is 21.8 Å². The zero-order chi connectivity index (χ0) is 21.1. The van der Waals surface area contributed by atoms with Gasteiger partial charge < -0.3 is 9.84 Å². The van der Waals surface area contributed by atoms with Gasteiger partial charge in [0.1, 0.15) is 18.9 Å². The predicted octanol–water partition coefficient (Wildman–Crippen LogP) is 3.80. The van der Waals surface area contributed by atoms with E-state index in [1.54, 1.807) is 48.5 Å². The second-order valence-corrected chi connectivity index (χ2v) is 6.65. The largest absolute Gasteiger partial charge is 0.334 e. The van der Waals surface area contributed by atoms with Gasteiger partial charge in [0.2, 0.25) is 11.7 Å². The number of nitro groups is 1. The number of nitrogens with zero attached hydrogens (tertiary/aromatic N) is 5. The molecule has 10 nitrogen and oxygen atoms in total. The standard InChI is InChI=1S/C19H13ClN6O4/c20-14-5-1-13(2-6-14)19-23-18(24-30-19)12-3-7-15(8-4-12)22-17(27)11-25-10-16(9-21-25)26(28)29/h1-10H,11H2,(H,22,27). The molecule has 2 heterocycles. The van der Waals surface area contributed by atoms with Gasteiger partial charge in [-0.2, -0.15) is 10.1 Å². The third-order valence-electron chi connectivity index (χ3n) is 4.08. The van der Waals surface area contributed by atoms with Crippen LogP contribution in [0.1, 0.15) is 0 Å². The summed E-state index contributed by atoms with van der Waals surface area (Å²) in [6.45, 7) is -0.148. The van der Waals surface area contributed by atoms with E-state index in [0.29, 0.717) is 28.0 Å². The van der Waals surface area contributed by atoms with E-state index in [-0.39, 0.29) is 18.1 Å². The maximum absolute atomic E-state index is 12.1. The Morgan fingerprint density at radius 3 is 2.50 bits per heavy atom. The van der Waals surface area contributed by atoms with Crippen molar-refractivity contribution in [2.45, 2.75) is 6.54 Å². The number of nitrogens with one attached hydrogen (secondary N) is 1. The lowest BCUT2D eigenvalue weighted by Gasteiger charge is -2.05. The summed E-state index contributed by atoms with van der Waals surface area (Å²) in [6, 6.07) is 13.9. The molecular weight excluding hydrogens is 412 g/mol. The van der Waals surface area contributed by atoms with Gasteiger partial charge in [-0.25, -0.2) is 0 Å². The number of benzene rings is 2. The van der Waals surface area contributed by atoms with Crippen LogP contribution >= 0.6 is 11.6 Å². The van der Waals surface area contributed by atoms with Crippen LogP contribution in [0.25, 0.3) is 22.8 Å². The Morgan fingerprint density at radius 1 is 1.13 bits per heavy atom. The molecule has 0 atom stereocenters. The van der Waals surface area contributed by atoms with E-state index in [4.69, 9.17) is 16.1 Å². The van der Waals surface area contributed by atoms with E-state index in [1.807, 2.05) is 0 Å². The number of anilines is 1. The van der Waals surface area contributed by atoms with Crippen LogP contribution in [0.4, 0.5) is 11.4 Å².